The summed E-state index contributed by atoms with van der Waals surface area (Å²) in [6, 6.07) is 8.15. The first kappa shape index (κ1) is 13.0. The third-order valence-electron chi connectivity index (χ3n) is 2.32. The average Bonchev–Trinajstić information content (AvgIpc) is 2.56. The van der Waals surface area contributed by atoms with Crippen molar-refractivity contribution in [1.82, 2.24) is 9.55 Å². The van der Waals surface area contributed by atoms with Gasteiger partial charge >= 0.3 is 5.97 Å². The molecular formula is C13H16N2O2. The van der Waals surface area contributed by atoms with Gasteiger partial charge in [-0.15, -0.1) is 0 Å². The van der Waals surface area contributed by atoms with E-state index in [1.54, 1.807) is 6.92 Å². The van der Waals surface area contributed by atoms with Gasteiger partial charge in [0, 0.05) is 13.1 Å². The highest BCUT2D eigenvalue weighted by molar-refractivity contribution is 5.79. The van der Waals surface area contributed by atoms with Crippen molar-refractivity contribution in [3.05, 3.63) is 42.2 Å². The van der Waals surface area contributed by atoms with Crippen molar-refractivity contribution in [2.24, 2.45) is 7.05 Å². The van der Waals surface area contributed by atoms with Crippen molar-refractivity contribution >= 4 is 17.0 Å². The summed E-state index contributed by atoms with van der Waals surface area (Å²) < 4.78 is 2.09. The van der Waals surface area contributed by atoms with Crippen LogP contribution in [0.3, 0.4) is 0 Å². The summed E-state index contributed by atoms with van der Waals surface area (Å²) in [5.41, 5.74) is 2.28. The van der Waals surface area contributed by atoms with E-state index in [9.17, 15) is 4.79 Å². The fourth-order valence-electron chi connectivity index (χ4n) is 1.41. The smallest absolute Gasteiger partial charge is 0.327 e. The highest BCUT2D eigenvalue weighted by Crippen LogP contribution is 2.12. The van der Waals surface area contributed by atoms with E-state index >= 15 is 0 Å². The molecule has 17 heavy (non-hydrogen) atoms. The molecule has 2 aromatic rings. The number of aryl methyl sites for hydroxylation is 2. The van der Waals surface area contributed by atoms with E-state index in [2.05, 4.69) is 15.6 Å². The summed E-state index contributed by atoms with van der Waals surface area (Å²) in [5, 5.41) is 7.83. The van der Waals surface area contributed by atoms with E-state index in [0.717, 1.165) is 17.4 Å². The number of imidazole rings is 1. The minimum absolute atomic E-state index is 0.891. The Bertz CT molecular complexity index is 541. The van der Waals surface area contributed by atoms with Gasteiger partial charge in [-0.25, -0.2) is 9.78 Å². The number of fused-ring (bicyclic) bond motifs is 1. The van der Waals surface area contributed by atoms with Gasteiger partial charge < -0.3 is 9.67 Å². The van der Waals surface area contributed by atoms with Gasteiger partial charge in [-0.05, 0) is 26.0 Å². The number of aliphatic carboxylic acids is 1. The molecule has 0 bridgehead atoms. The van der Waals surface area contributed by atoms with Gasteiger partial charge in [0.2, 0.25) is 0 Å². The molecule has 0 radical (unpaired) electrons. The Balaban J connectivity index is 0.000000209. The lowest BCUT2D eigenvalue weighted by molar-refractivity contribution is -0.131. The zero-order valence-electron chi connectivity index (χ0n) is 10.2. The summed E-state index contributed by atoms with van der Waals surface area (Å²) in [6.07, 6.45) is 2.56. The predicted octanol–water partition coefficient (Wildman–Crippen LogP) is 2.53. The minimum Gasteiger partial charge on any atom is -0.478 e. The van der Waals surface area contributed by atoms with E-state index in [-0.39, 0.29) is 0 Å². The number of carboxylic acids is 1. The molecule has 0 aliphatic heterocycles. The standard InChI is InChI=1S/C9H10N2.C4H6O2/c1-7-10-8-5-3-4-6-9(8)11(7)2;1-2-3-4(5)6/h3-6H,1-2H3;2-3H,1H3,(H,5,6)/b;3-2+. The van der Waals surface area contributed by atoms with Crippen LogP contribution in [0.5, 0.6) is 0 Å². The molecule has 4 heteroatoms. The number of benzene rings is 1. The van der Waals surface area contributed by atoms with Gasteiger partial charge in [-0.2, -0.15) is 0 Å². The molecule has 0 fully saturated rings. The van der Waals surface area contributed by atoms with Crippen LogP contribution in [0.15, 0.2) is 36.4 Å². The zero-order chi connectivity index (χ0) is 12.8. The van der Waals surface area contributed by atoms with Crippen LogP contribution in [0.25, 0.3) is 11.0 Å². The monoisotopic (exact) mass is 232 g/mol. The Morgan fingerprint density at radius 2 is 2.06 bits per heavy atom. The molecule has 1 heterocycles. The maximum atomic E-state index is 9.51. The molecule has 0 atom stereocenters. The lowest BCUT2D eigenvalue weighted by Gasteiger charge is -1.93. The molecule has 90 valence electrons. The third kappa shape index (κ3) is 3.45. The zero-order valence-corrected chi connectivity index (χ0v) is 10.2. The largest absolute Gasteiger partial charge is 0.478 e. The van der Waals surface area contributed by atoms with Crippen LogP contribution >= 0.6 is 0 Å². The van der Waals surface area contributed by atoms with Crippen molar-refractivity contribution in [3.63, 3.8) is 0 Å². The number of allylic oxidation sites excluding steroid dienone is 1. The molecule has 0 aliphatic rings. The Labute approximate surface area is 100 Å². The first-order valence-electron chi connectivity index (χ1n) is 5.30. The highest BCUT2D eigenvalue weighted by Gasteiger charge is 2.00. The number of nitrogens with zero attached hydrogens (tertiary/aromatic N) is 2. The lowest BCUT2D eigenvalue weighted by atomic mass is 10.3. The number of para-hydroxylation sites is 2. The molecule has 1 N–H and O–H groups in total. The summed E-state index contributed by atoms with van der Waals surface area (Å²) >= 11 is 0. The molecule has 1 aromatic carbocycles. The molecule has 1 aromatic heterocycles. The second-order valence-corrected chi connectivity index (χ2v) is 3.54. The fourth-order valence-corrected chi connectivity index (χ4v) is 1.41. The molecular weight excluding hydrogens is 216 g/mol. The summed E-state index contributed by atoms with van der Waals surface area (Å²) in [5.74, 6) is 0.170. The quantitative estimate of drug-likeness (QED) is 0.769. The molecule has 0 amide bonds. The Hall–Kier alpha value is -2.10. The Morgan fingerprint density at radius 1 is 1.41 bits per heavy atom. The van der Waals surface area contributed by atoms with E-state index in [4.69, 9.17) is 5.11 Å². The van der Waals surface area contributed by atoms with Crippen LogP contribution in [0.2, 0.25) is 0 Å². The summed E-state index contributed by atoms with van der Waals surface area (Å²) in [4.78, 5) is 13.9. The second-order valence-electron chi connectivity index (χ2n) is 3.54. The van der Waals surface area contributed by atoms with Crippen molar-refractivity contribution in [2.75, 3.05) is 0 Å². The molecule has 0 saturated heterocycles. The SMILES string of the molecule is C/C=C/C(=O)O.Cc1nc2ccccc2n1C. The van der Waals surface area contributed by atoms with Crippen LogP contribution in [0.4, 0.5) is 0 Å². The van der Waals surface area contributed by atoms with E-state index < -0.39 is 5.97 Å². The van der Waals surface area contributed by atoms with Gasteiger partial charge in [-0.1, -0.05) is 18.2 Å². The maximum absolute atomic E-state index is 9.51. The van der Waals surface area contributed by atoms with E-state index in [1.807, 2.05) is 32.2 Å². The van der Waals surface area contributed by atoms with Crippen LogP contribution < -0.4 is 0 Å². The Morgan fingerprint density at radius 3 is 2.53 bits per heavy atom. The van der Waals surface area contributed by atoms with Crippen LogP contribution in [0, 0.1) is 6.92 Å². The van der Waals surface area contributed by atoms with Crippen molar-refractivity contribution in [2.45, 2.75) is 13.8 Å². The summed E-state index contributed by atoms with van der Waals surface area (Å²) in [7, 11) is 2.03. The molecule has 0 spiro atoms. The van der Waals surface area contributed by atoms with Crippen LogP contribution in [-0.4, -0.2) is 20.6 Å². The normalized spacial score (nSPS) is 10.3. The van der Waals surface area contributed by atoms with Crippen molar-refractivity contribution in [1.29, 1.82) is 0 Å². The van der Waals surface area contributed by atoms with Gasteiger partial charge in [0.25, 0.3) is 0 Å². The van der Waals surface area contributed by atoms with Gasteiger partial charge in [0.05, 0.1) is 11.0 Å². The second kappa shape index (κ2) is 5.84. The molecule has 2 rings (SSSR count). The van der Waals surface area contributed by atoms with E-state index in [1.165, 1.54) is 11.6 Å². The molecule has 0 unspecified atom stereocenters. The van der Waals surface area contributed by atoms with Gasteiger partial charge in [-0.3, -0.25) is 0 Å². The van der Waals surface area contributed by atoms with Crippen molar-refractivity contribution < 1.29 is 9.90 Å². The molecule has 4 nitrogen and oxygen atoms in total. The highest BCUT2D eigenvalue weighted by atomic mass is 16.4. The summed E-state index contributed by atoms with van der Waals surface area (Å²) in [6.45, 7) is 3.67. The number of hydrogen-bond donors (Lipinski definition) is 1. The number of aromatic nitrogens is 2. The predicted molar refractivity (Wildman–Crippen MR) is 67.9 cm³/mol. The van der Waals surface area contributed by atoms with Crippen LogP contribution in [-0.2, 0) is 11.8 Å². The minimum atomic E-state index is -0.891. The lowest BCUT2D eigenvalue weighted by Crippen LogP contribution is -1.89. The van der Waals surface area contributed by atoms with E-state index in [0.29, 0.717) is 0 Å². The van der Waals surface area contributed by atoms with Gasteiger partial charge in [0.15, 0.2) is 0 Å². The van der Waals surface area contributed by atoms with Crippen molar-refractivity contribution in [3.8, 4) is 0 Å². The topological polar surface area (TPSA) is 55.1 Å². The maximum Gasteiger partial charge on any atom is 0.327 e. The first-order valence-corrected chi connectivity index (χ1v) is 5.30. The third-order valence-corrected chi connectivity index (χ3v) is 2.32. The number of carboxylic acid groups (broad SMARTS) is 1. The molecule has 0 saturated carbocycles. The van der Waals surface area contributed by atoms with Crippen LogP contribution in [0.1, 0.15) is 12.7 Å². The van der Waals surface area contributed by atoms with Gasteiger partial charge in [0.1, 0.15) is 5.82 Å². The average molecular weight is 232 g/mol. The Kier molecular flexibility index (Phi) is 4.46. The molecule has 0 aliphatic carbocycles. The fraction of sp³-hybridized carbons (Fsp3) is 0.231. The number of carbonyl (C=O) groups is 1. The number of rotatable bonds is 1. The number of hydrogen-bond acceptors (Lipinski definition) is 2. The first-order chi connectivity index (χ1) is 8.06.